The molecule has 1 N–H and O–H groups in total. The smallest absolute Gasteiger partial charge is 0.0735 e. The molecule has 0 radical (unpaired) electrons. The van der Waals surface area contributed by atoms with Gasteiger partial charge in [0.15, 0.2) is 0 Å². The van der Waals surface area contributed by atoms with Crippen LogP contribution in [0.2, 0.25) is 0 Å². The number of hydrogen-bond donors (Lipinski definition) is 1. The average Bonchev–Trinajstić information content (AvgIpc) is 2.86. The largest absolute Gasteiger partial charge is 0.374 e. The van der Waals surface area contributed by atoms with E-state index in [-0.39, 0.29) is 0 Å². The fourth-order valence-corrected chi connectivity index (χ4v) is 4.04. The molecule has 0 bridgehead atoms. The molecule has 19 heavy (non-hydrogen) atoms. The van der Waals surface area contributed by atoms with Crippen LogP contribution in [0.1, 0.15) is 72.1 Å². The number of nitrogens with one attached hydrogen (secondary N) is 1. The molecule has 1 saturated carbocycles. The van der Waals surface area contributed by atoms with E-state index in [1.807, 2.05) is 0 Å². The van der Waals surface area contributed by atoms with E-state index in [2.05, 4.69) is 26.1 Å². The maximum atomic E-state index is 6.18. The molecule has 0 spiro atoms. The third-order valence-electron chi connectivity index (χ3n) is 5.20. The fourth-order valence-electron chi connectivity index (χ4n) is 4.04. The van der Waals surface area contributed by atoms with Gasteiger partial charge in [0.2, 0.25) is 0 Å². The van der Waals surface area contributed by atoms with Crippen molar-refractivity contribution in [1.82, 2.24) is 5.32 Å². The summed E-state index contributed by atoms with van der Waals surface area (Å²) in [5, 5.41) is 3.82. The van der Waals surface area contributed by atoms with Gasteiger partial charge in [-0.3, -0.25) is 0 Å². The van der Waals surface area contributed by atoms with Crippen LogP contribution < -0.4 is 5.32 Å². The van der Waals surface area contributed by atoms with E-state index in [1.54, 1.807) is 0 Å². The van der Waals surface area contributed by atoms with E-state index in [0.29, 0.717) is 18.2 Å². The minimum absolute atomic E-state index is 0.474. The summed E-state index contributed by atoms with van der Waals surface area (Å²) >= 11 is 0. The zero-order valence-electron chi connectivity index (χ0n) is 13.2. The first-order chi connectivity index (χ1) is 9.24. The van der Waals surface area contributed by atoms with E-state index in [4.69, 9.17) is 4.74 Å². The van der Waals surface area contributed by atoms with Gasteiger partial charge in [-0.2, -0.15) is 0 Å². The van der Waals surface area contributed by atoms with Gasteiger partial charge in [0.05, 0.1) is 12.2 Å². The molecule has 1 aliphatic carbocycles. The second-order valence-electron chi connectivity index (χ2n) is 6.74. The highest BCUT2D eigenvalue weighted by molar-refractivity contribution is 4.90. The molecule has 1 saturated heterocycles. The van der Waals surface area contributed by atoms with Crippen molar-refractivity contribution in [1.29, 1.82) is 0 Å². The Kier molecular flexibility index (Phi) is 6.15. The maximum Gasteiger partial charge on any atom is 0.0735 e. The second kappa shape index (κ2) is 7.64. The lowest BCUT2D eigenvalue weighted by molar-refractivity contribution is 0.00816. The first-order valence-corrected chi connectivity index (χ1v) is 8.63. The Balaban J connectivity index is 1.95. The van der Waals surface area contributed by atoms with E-state index < -0.39 is 0 Å². The Morgan fingerprint density at radius 3 is 2.63 bits per heavy atom. The molecule has 0 aromatic rings. The molecule has 0 aromatic carbocycles. The minimum atomic E-state index is 0.474. The lowest BCUT2D eigenvalue weighted by Gasteiger charge is -2.37. The first-order valence-electron chi connectivity index (χ1n) is 8.63. The topological polar surface area (TPSA) is 21.3 Å². The van der Waals surface area contributed by atoms with Crippen molar-refractivity contribution in [2.75, 3.05) is 6.54 Å². The summed E-state index contributed by atoms with van der Waals surface area (Å²) in [5.41, 5.74) is 0. The quantitative estimate of drug-likeness (QED) is 0.781. The molecule has 0 amide bonds. The van der Waals surface area contributed by atoms with Crippen molar-refractivity contribution in [2.45, 2.75) is 90.4 Å². The number of ether oxygens (including phenoxy) is 1. The molecule has 1 aliphatic heterocycles. The van der Waals surface area contributed by atoms with Crippen LogP contribution in [-0.4, -0.2) is 24.8 Å². The summed E-state index contributed by atoms with van der Waals surface area (Å²) in [7, 11) is 0. The zero-order valence-corrected chi connectivity index (χ0v) is 13.2. The number of rotatable bonds is 6. The van der Waals surface area contributed by atoms with Gasteiger partial charge in [-0.15, -0.1) is 0 Å². The molecule has 2 fully saturated rings. The van der Waals surface area contributed by atoms with Gasteiger partial charge in [-0.25, -0.2) is 0 Å². The Morgan fingerprint density at radius 2 is 2.00 bits per heavy atom. The van der Waals surface area contributed by atoms with E-state index >= 15 is 0 Å². The van der Waals surface area contributed by atoms with E-state index in [0.717, 1.165) is 18.4 Å². The van der Waals surface area contributed by atoms with Crippen LogP contribution in [0.3, 0.4) is 0 Å². The first kappa shape index (κ1) is 15.3. The molecule has 2 heteroatoms. The van der Waals surface area contributed by atoms with Gasteiger partial charge in [0, 0.05) is 6.04 Å². The normalized spacial score (nSPS) is 37.4. The lowest BCUT2D eigenvalue weighted by atomic mass is 9.75. The molecule has 0 aromatic heterocycles. The highest BCUT2D eigenvalue weighted by Crippen LogP contribution is 2.36. The van der Waals surface area contributed by atoms with Gasteiger partial charge >= 0.3 is 0 Å². The molecule has 1 heterocycles. The van der Waals surface area contributed by atoms with Crippen LogP contribution in [0.25, 0.3) is 0 Å². The molecule has 2 aliphatic rings. The summed E-state index contributed by atoms with van der Waals surface area (Å²) in [6, 6.07) is 0.610. The summed E-state index contributed by atoms with van der Waals surface area (Å²) in [5.74, 6) is 1.81. The predicted octanol–water partition coefficient (Wildman–Crippen LogP) is 4.14. The predicted molar refractivity (Wildman–Crippen MR) is 81.4 cm³/mol. The van der Waals surface area contributed by atoms with Crippen LogP contribution in [-0.2, 0) is 4.74 Å². The molecule has 2 rings (SSSR count). The highest BCUT2D eigenvalue weighted by Gasteiger charge is 2.36. The SMILES string of the molecule is CCCNC(C1CCCC(CC)C1)C1CCC(C)O1. The van der Waals surface area contributed by atoms with Crippen molar-refractivity contribution >= 4 is 0 Å². The molecule has 5 unspecified atom stereocenters. The van der Waals surface area contributed by atoms with Crippen LogP contribution >= 0.6 is 0 Å². The van der Waals surface area contributed by atoms with Crippen molar-refractivity contribution in [2.24, 2.45) is 11.8 Å². The fraction of sp³-hybridized carbons (Fsp3) is 1.00. The third-order valence-corrected chi connectivity index (χ3v) is 5.20. The summed E-state index contributed by atoms with van der Waals surface area (Å²) in [4.78, 5) is 0. The summed E-state index contributed by atoms with van der Waals surface area (Å²) in [6.07, 6.45) is 11.8. The molecular formula is C17H33NO. The second-order valence-corrected chi connectivity index (χ2v) is 6.74. The average molecular weight is 267 g/mol. The Bertz CT molecular complexity index is 256. The third kappa shape index (κ3) is 4.19. The van der Waals surface area contributed by atoms with Gasteiger partial charge in [-0.05, 0) is 57.4 Å². The van der Waals surface area contributed by atoms with Gasteiger partial charge < -0.3 is 10.1 Å². The lowest BCUT2D eigenvalue weighted by Crippen LogP contribution is -2.47. The standard InChI is InChI=1S/C17H33NO/c1-4-11-18-17(16-10-9-13(3)19-16)15-8-6-7-14(5-2)12-15/h13-18H,4-12H2,1-3H3. The molecular weight excluding hydrogens is 234 g/mol. The highest BCUT2D eigenvalue weighted by atomic mass is 16.5. The molecule has 5 atom stereocenters. The molecule has 2 nitrogen and oxygen atoms in total. The van der Waals surface area contributed by atoms with E-state index in [1.165, 1.54) is 51.4 Å². The Morgan fingerprint density at radius 1 is 1.16 bits per heavy atom. The Labute approximate surface area is 119 Å². The zero-order chi connectivity index (χ0) is 13.7. The monoisotopic (exact) mass is 267 g/mol. The van der Waals surface area contributed by atoms with Crippen LogP contribution in [0, 0.1) is 11.8 Å². The van der Waals surface area contributed by atoms with Crippen molar-refractivity contribution in [3.05, 3.63) is 0 Å². The summed E-state index contributed by atoms with van der Waals surface area (Å²) < 4.78 is 6.18. The molecule has 112 valence electrons. The van der Waals surface area contributed by atoms with Crippen LogP contribution in [0.5, 0.6) is 0 Å². The van der Waals surface area contributed by atoms with E-state index in [9.17, 15) is 0 Å². The minimum Gasteiger partial charge on any atom is -0.374 e. The van der Waals surface area contributed by atoms with Gasteiger partial charge in [0.1, 0.15) is 0 Å². The summed E-state index contributed by atoms with van der Waals surface area (Å²) in [6.45, 7) is 7.99. The van der Waals surface area contributed by atoms with Crippen LogP contribution in [0.15, 0.2) is 0 Å². The maximum absolute atomic E-state index is 6.18. The van der Waals surface area contributed by atoms with Crippen LogP contribution in [0.4, 0.5) is 0 Å². The van der Waals surface area contributed by atoms with Crippen molar-refractivity contribution in [3.8, 4) is 0 Å². The van der Waals surface area contributed by atoms with Crippen molar-refractivity contribution in [3.63, 3.8) is 0 Å². The van der Waals surface area contributed by atoms with Gasteiger partial charge in [-0.1, -0.05) is 33.1 Å². The van der Waals surface area contributed by atoms with Crippen molar-refractivity contribution < 1.29 is 4.74 Å². The van der Waals surface area contributed by atoms with Gasteiger partial charge in [0.25, 0.3) is 0 Å². The number of hydrogen-bond acceptors (Lipinski definition) is 2. The Hall–Kier alpha value is -0.0800.